The fourth-order valence-electron chi connectivity index (χ4n) is 2.30. The molecule has 0 atom stereocenters. The Morgan fingerprint density at radius 1 is 1.53 bits per heavy atom. The summed E-state index contributed by atoms with van der Waals surface area (Å²) in [6.45, 7) is 8.18. The van der Waals surface area contributed by atoms with E-state index in [9.17, 15) is 0 Å². The summed E-state index contributed by atoms with van der Waals surface area (Å²) in [6.07, 6.45) is 0. The molecule has 0 saturated carbocycles. The lowest BCUT2D eigenvalue weighted by Crippen LogP contribution is -2.57. The molecule has 0 amide bonds. The van der Waals surface area contributed by atoms with Gasteiger partial charge < -0.3 is 9.84 Å². The van der Waals surface area contributed by atoms with E-state index in [4.69, 9.17) is 4.52 Å². The van der Waals surface area contributed by atoms with Crippen molar-refractivity contribution in [1.29, 1.82) is 0 Å². The Bertz CT molecular complexity index is 535. The molecule has 1 N–H and O–H groups in total. The van der Waals surface area contributed by atoms with Crippen LogP contribution in [0.15, 0.2) is 22.0 Å². The maximum atomic E-state index is 5.37. The van der Waals surface area contributed by atoms with Gasteiger partial charge in [0.1, 0.15) is 0 Å². The zero-order chi connectivity index (χ0) is 13.3. The third-order valence-electron chi connectivity index (χ3n) is 3.51. The highest BCUT2D eigenvalue weighted by atomic mass is 32.1. The molecule has 1 fully saturated rings. The number of thiophene rings is 1. The molecule has 3 rings (SSSR count). The van der Waals surface area contributed by atoms with Gasteiger partial charge in [-0.3, -0.25) is 4.90 Å². The van der Waals surface area contributed by atoms with Gasteiger partial charge >= 0.3 is 0 Å². The standard InChI is InChI=1S/C13H18N4OS/c1-13(2)9-14-5-6-17(13)8-11-15-12(16-18-11)10-4-3-7-19-10/h3-4,7,14H,5-6,8-9H2,1-2H3. The highest BCUT2D eigenvalue weighted by Crippen LogP contribution is 2.23. The van der Waals surface area contributed by atoms with E-state index in [0.717, 1.165) is 24.5 Å². The molecule has 1 aliphatic rings. The van der Waals surface area contributed by atoms with Crippen LogP contribution in [0.25, 0.3) is 10.7 Å². The highest BCUT2D eigenvalue weighted by molar-refractivity contribution is 7.13. The first kappa shape index (κ1) is 12.8. The van der Waals surface area contributed by atoms with Gasteiger partial charge in [0.15, 0.2) is 0 Å². The normalized spacial score (nSPS) is 19.7. The van der Waals surface area contributed by atoms with Gasteiger partial charge in [0, 0.05) is 25.2 Å². The smallest absolute Gasteiger partial charge is 0.241 e. The minimum absolute atomic E-state index is 0.121. The van der Waals surface area contributed by atoms with Gasteiger partial charge in [0.05, 0.1) is 11.4 Å². The Balaban J connectivity index is 1.73. The summed E-state index contributed by atoms with van der Waals surface area (Å²) >= 11 is 1.63. The molecule has 5 nitrogen and oxygen atoms in total. The Kier molecular flexibility index (Phi) is 3.38. The van der Waals surface area contributed by atoms with E-state index >= 15 is 0 Å². The molecule has 1 saturated heterocycles. The largest absolute Gasteiger partial charge is 0.338 e. The molecule has 0 unspecified atom stereocenters. The minimum Gasteiger partial charge on any atom is -0.338 e. The van der Waals surface area contributed by atoms with Crippen LogP contribution in [-0.4, -0.2) is 40.2 Å². The van der Waals surface area contributed by atoms with Crippen LogP contribution in [0.1, 0.15) is 19.7 Å². The molecule has 3 heterocycles. The number of hydrogen-bond donors (Lipinski definition) is 1. The van der Waals surface area contributed by atoms with E-state index in [1.54, 1.807) is 11.3 Å². The molecule has 102 valence electrons. The molecule has 0 spiro atoms. The van der Waals surface area contributed by atoms with Crippen molar-refractivity contribution in [2.75, 3.05) is 19.6 Å². The van der Waals surface area contributed by atoms with E-state index in [1.165, 1.54) is 0 Å². The maximum Gasteiger partial charge on any atom is 0.241 e. The van der Waals surface area contributed by atoms with Crippen LogP contribution in [0.4, 0.5) is 0 Å². The third-order valence-corrected chi connectivity index (χ3v) is 4.37. The average molecular weight is 278 g/mol. The Morgan fingerprint density at radius 2 is 2.42 bits per heavy atom. The van der Waals surface area contributed by atoms with Crippen molar-refractivity contribution in [1.82, 2.24) is 20.4 Å². The van der Waals surface area contributed by atoms with Crippen LogP contribution in [0.3, 0.4) is 0 Å². The lowest BCUT2D eigenvalue weighted by molar-refractivity contribution is 0.0711. The van der Waals surface area contributed by atoms with Gasteiger partial charge in [-0.05, 0) is 25.3 Å². The van der Waals surface area contributed by atoms with Crippen molar-refractivity contribution in [3.63, 3.8) is 0 Å². The van der Waals surface area contributed by atoms with E-state index in [2.05, 4.69) is 34.2 Å². The number of rotatable bonds is 3. The lowest BCUT2D eigenvalue weighted by atomic mass is 10.0. The quantitative estimate of drug-likeness (QED) is 0.930. The van der Waals surface area contributed by atoms with Crippen LogP contribution in [-0.2, 0) is 6.54 Å². The van der Waals surface area contributed by atoms with Gasteiger partial charge in [-0.15, -0.1) is 11.3 Å². The summed E-state index contributed by atoms with van der Waals surface area (Å²) in [7, 11) is 0. The molecular formula is C13H18N4OS. The van der Waals surface area contributed by atoms with Crippen molar-refractivity contribution in [2.45, 2.75) is 25.9 Å². The van der Waals surface area contributed by atoms with E-state index in [1.807, 2.05) is 17.5 Å². The Morgan fingerprint density at radius 3 is 3.16 bits per heavy atom. The van der Waals surface area contributed by atoms with E-state index < -0.39 is 0 Å². The van der Waals surface area contributed by atoms with E-state index in [0.29, 0.717) is 18.3 Å². The SMILES string of the molecule is CC1(C)CNCCN1Cc1nc(-c2cccs2)no1. The first-order valence-electron chi connectivity index (χ1n) is 6.47. The van der Waals surface area contributed by atoms with Gasteiger partial charge in [0.25, 0.3) is 0 Å². The van der Waals surface area contributed by atoms with Gasteiger partial charge in [-0.1, -0.05) is 11.2 Å². The fraction of sp³-hybridized carbons (Fsp3) is 0.538. The van der Waals surface area contributed by atoms with Crippen molar-refractivity contribution in [2.24, 2.45) is 0 Å². The second-order valence-electron chi connectivity index (χ2n) is 5.40. The molecule has 2 aromatic heterocycles. The molecule has 0 radical (unpaired) electrons. The summed E-state index contributed by atoms with van der Waals surface area (Å²) in [5, 5.41) is 9.48. The van der Waals surface area contributed by atoms with Crippen LogP contribution in [0.2, 0.25) is 0 Å². The summed E-state index contributed by atoms with van der Waals surface area (Å²) in [4.78, 5) is 7.92. The molecule has 6 heteroatoms. The molecular weight excluding hydrogens is 260 g/mol. The second-order valence-corrected chi connectivity index (χ2v) is 6.35. The number of aromatic nitrogens is 2. The first-order valence-corrected chi connectivity index (χ1v) is 7.35. The summed E-state index contributed by atoms with van der Waals surface area (Å²) < 4.78 is 5.37. The average Bonchev–Trinajstić information content (AvgIpc) is 3.02. The number of hydrogen-bond acceptors (Lipinski definition) is 6. The lowest BCUT2D eigenvalue weighted by Gasteiger charge is -2.41. The number of piperazine rings is 1. The highest BCUT2D eigenvalue weighted by Gasteiger charge is 2.30. The zero-order valence-corrected chi connectivity index (χ0v) is 12.0. The number of nitrogens with zero attached hydrogens (tertiary/aromatic N) is 3. The molecule has 0 bridgehead atoms. The zero-order valence-electron chi connectivity index (χ0n) is 11.2. The van der Waals surface area contributed by atoms with Gasteiger partial charge in [-0.2, -0.15) is 4.98 Å². The molecule has 1 aliphatic heterocycles. The third kappa shape index (κ3) is 2.70. The van der Waals surface area contributed by atoms with Gasteiger partial charge in [0.2, 0.25) is 11.7 Å². The number of nitrogens with one attached hydrogen (secondary N) is 1. The van der Waals surface area contributed by atoms with Crippen molar-refractivity contribution in [3.8, 4) is 10.7 Å². The van der Waals surface area contributed by atoms with Crippen molar-refractivity contribution >= 4 is 11.3 Å². The van der Waals surface area contributed by atoms with E-state index in [-0.39, 0.29) is 5.54 Å². The predicted molar refractivity (Wildman–Crippen MR) is 75.0 cm³/mol. The Labute approximate surface area is 116 Å². The fourth-order valence-corrected chi connectivity index (χ4v) is 2.95. The molecule has 0 aliphatic carbocycles. The van der Waals surface area contributed by atoms with Crippen LogP contribution < -0.4 is 5.32 Å². The topological polar surface area (TPSA) is 54.2 Å². The maximum absolute atomic E-state index is 5.37. The molecule has 19 heavy (non-hydrogen) atoms. The van der Waals surface area contributed by atoms with Crippen LogP contribution in [0.5, 0.6) is 0 Å². The second kappa shape index (κ2) is 5.03. The molecule has 0 aromatic carbocycles. The molecule has 2 aromatic rings. The minimum atomic E-state index is 0.121. The first-order chi connectivity index (χ1) is 9.15. The van der Waals surface area contributed by atoms with Crippen molar-refractivity contribution in [3.05, 3.63) is 23.4 Å². The summed E-state index contributed by atoms with van der Waals surface area (Å²) in [5.74, 6) is 1.39. The van der Waals surface area contributed by atoms with Crippen molar-refractivity contribution < 1.29 is 4.52 Å². The van der Waals surface area contributed by atoms with Gasteiger partial charge in [-0.25, -0.2) is 0 Å². The summed E-state index contributed by atoms with van der Waals surface area (Å²) in [6, 6.07) is 4.00. The van der Waals surface area contributed by atoms with Crippen LogP contribution >= 0.6 is 11.3 Å². The monoisotopic (exact) mass is 278 g/mol. The Hall–Kier alpha value is -1.24. The summed E-state index contributed by atoms with van der Waals surface area (Å²) in [5.41, 5.74) is 0.121. The van der Waals surface area contributed by atoms with Crippen LogP contribution in [0, 0.1) is 0 Å². The predicted octanol–water partition coefficient (Wildman–Crippen LogP) is 1.98.